The van der Waals surface area contributed by atoms with Gasteiger partial charge >= 0.3 is 5.97 Å². The lowest BCUT2D eigenvalue weighted by molar-refractivity contribution is -0.114. The number of carboxylic acids is 1. The first kappa shape index (κ1) is 9.97. The monoisotopic (exact) mass is 196 g/mol. The largest absolute Gasteiger partial charge is 0.505 e. The van der Waals surface area contributed by atoms with Crippen LogP contribution in [0.2, 0.25) is 0 Å². The molecule has 0 radical (unpaired) electrons. The summed E-state index contributed by atoms with van der Waals surface area (Å²) < 4.78 is 0. The van der Waals surface area contributed by atoms with E-state index in [-0.39, 0.29) is 11.7 Å². The van der Waals surface area contributed by atoms with Crippen molar-refractivity contribution in [1.82, 2.24) is 4.98 Å². The third-order valence-corrected chi connectivity index (χ3v) is 1.38. The van der Waals surface area contributed by atoms with Crippen molar-refractivity contribution in [3.63, 3.8) is 0 Å². The van der Waals surface area contributed by atoms with E-state index in [1.807, 2.05) is 0 Å². The highest BCUT2D eigenvalue weighted by molar-refractivity contribution is 5.91. The number of pyridine rings is 1. The Morgan fingerprint density at radius 2 is 2.07 bits per heavy atom. The highest BCUT2D eigenvalue weighted by atomic mass is 16.4. The van der Waals surface area contributed by atoms with Crippen LogP contribution in [-0.2, 0) is 4.79 Å². The number of hydrogen-bond acceptors (Lipinski definition) is 4. The lowest BCUT2D eigenvalue weighted by Crippen LogP contribution is -2.10. The second-order valence-electron chi connectivity index (χ2n) is 2.55. The van der Waals surface area contributed by atoms with Crippen molar-refractivity contribution in [3.05, 3.63) is 17.8 Å². The van der Waals surface area contributed by atoms with Gasteiger partial charge in [0.15, 0.2) is 5.69 Å². The van der Waals surface area contributed by atoms with Crippen LogP contribution in [0.25, 0.3) is 0 Å². The number of hydrogen-bond donors (Lipinski definition) is 3. The maximum absolute atomic E-state index is 10.6. The van der Waals surface area contributed by atoms with Gasteiger partial charge < -0.3 is 15.5 Å². The van der Waals surface area contributed by atoms with Crippen LogP contribution in [0, 0.1) is 0 Å². The number of carboxylic acid groups (broad SMARTS) is 1. The van der Waals surface area contributed by atoms with E-state index < -0.39 is 17.4 Å². The molecular weight excluding hydrogens is 188 g/mol. The van der Waals surface area contributed by atoms with Gasteiger partial charge in [-0.1, -0.05) is 0 Å². The summed E-state index contributed by atoms with van der Waals surface area (Å²) in [6.45, 7) is 1.27. The fourth-order valence-electron chi connectivity index (χ4n) is 0.859. The maximum atomic E-state index is 10.6. The van der Waals surface area contributed by atoms with Crippen molar-refractivity contribution < 1.29 is 19.8 Å². The Morgan fingerprint density at radius 3 is 2.57 bits per heavy atom. The van der Waals surface area contributed by atoms with E-state index in [9.17, 15) is 9.59 Å². The molecule has 1 aromatic rings. The molecule has 3 N–H and O–H groups in total. The van der Waals surface area contributed by atoms with Crippen molar-refractivity contribution in [2.75, 3.05) is 5.32 Å². The molecule has 1 rings (SSSR count). The molecule has 1 amide bonds. The Hall–Kier alpha value is -2.11. The van der Waals surface area contributed by atoms with Gasteiger partial charge in [0.05, 0.1) is 0 Å². The third kappa shape index (κ3) is 2.19. The zero-order valence-electron chi connectivity index (χ0n) is 7.31. The molecular formula is C8H8N2O4. The predicted molar refractivity (Wildman–Crippen MR) is 47.2 cm³/mol. The highest BCUT2D eigenvalue weighted by Gasteiger charge is 2.12. The van der Waals surface area contributed by atoms with Crippen LogP contribution >= 0.6 is 0 Å². The number of anilines is 1. The fourth-order valence-corrected chi connectivity index (χ4v) is 0.859. The molecule has 0 atom stereocenters. The highest BCUT2D eigenvalue weighted by Crippen LogP contribution is 2.16. The minimum absolute atomic E-state index is 0.0905. The number of carbonyl (C=O) groups is 2. The Balaban J connectivity index is 3.06. The average Bonchev–Trinajstić information content (AvgIpc) is 2.07. The van der Waals surface area contributed by atoms with Gasteiger partial charge in [-0.2, -0.15) is 0 Å². The number of aromatic hydroxyl groups is 1. The second kappa shape index (κ2) is 3.73. The molecule has 6 heteroatoms. The smallest absolute Gasteiger partial charge is 0.358 e. The second-order valence-corrected chi connectivity index (χ2v) is 2.55. The van der Waals surface area contributed by atoms with Crippen molar-refractivity contribution in [2.24, 2.45) is 0 Å². The normalized spacial score (nSPS) is 9.50. The number of nitrogens with one attached hydrogen (secondary N) is 1. The van der Waals surface area contributed by atoms with E-state index in [1.165, 1.54) is 13.0 Å². The number of aromatic nitrogens is 1. The molecule has 0 aliphatic carbocycles. The van der Waals surface area contributed by atoms with Crippen molar-refractivity contribution in [2.45, 2.75) is 6.92 Å². The van der Waals surface area contributed by atoms with E-state index in [2.05, 4.69) is 10.3 Å². The minimum Gasteiger partial charge on any atom is -0.505 e. The van der Waals surface area contributed by atoms with Crippen molar-refractivity contribution in [3.8, 4) is 5.75 Å². The van der Waals surface area contributed by atoms with E-state index in [0.717, 1.165) is 6.07 Å². The summed E-state index contributed by atoms with van der Waals surface area (Å²) in [6, 6.07) is 2.46. The van der Waals surface area contributed by atoms with Crippen molar-refractivity contribution in [1.29, 1.82) is 0 Å². The van der Waals surface area contributed by atoms with Crippen molar-refractivity contribution >= 4 is 17.7 Å². The molecule has 14 heavy (non-hydrogen) atoms. The number of aromatic carboxylic acids is 1. The number of carbonyl (C=O) groups excluding carboxylic acids is 1. The minimum atomic E-state index is -1.35. The van der Waals surface area contributed by atoms with Gasteiger partial charge in [0, 0.05) is 6.92 Å². The number of rotatable bonds is 2. The summed E-state index contributed by atoms with van der Waals surface area (Å²) in [5.41, 5.74) is -0.490. The van der Waals surface area contributed by atoms with Crippen LogP contribution in [0.5, 0.6) is 5.75 Å². The summed E-state index contributed by atoms with van der Waals surface area (Å²) in [6.07, 6.45) is 0. The first-order valence-electron chi connectivity index (χ1n) is 3.71. The molecule has 6 nitrogen and oxygen atoms in total. The van der Waals surface area contributed by atoms with Gasteiger partial charge in [-0.05, 0) is 12.1 Å². The maximum Gasteiger partial charge on any atom is 0.358 e. The zero-order chi connectivity index (χ0) is 10.7. The Kier molecular flexibility index (Phi) is 2.66. The van der Waals surface area contributed by atoms with Gasteiger partial charge in [0.2, 0.25) is 5.91 Å². The molecule has 0 saturated carbocycles. The quantitative estimate of drug-likeness (QED) is 0.637. The van der Waals surface area contributed by atoms with Gasteiger partial charge in [0.1, 0.15) is 11.6 Å². The van der Waals surface area contributed by atoms with Gasteiger partial charge in [-0.25, -0.2) is 9.78 Å². The molecule has 0 saturated heterocycles. The first-order chi connectivity index (χ1) is 6.50. The molecule has 0 aliphatic heterocycles. The Bertz CT molecular complexity index is 389. The van der Waals surface area contributed by atoms with Crippen LogP contribution in [0.4, 0.5) is 5.82 Å². The van der Waals surface area contributed by atoms with Gasteiger partial charge in [-0.3, -0.25) is 4.79 Å². The lowest BCUT2D eigenvalue weighted by atomic mass is 10.3. The van der Waals surface area contributed by atoms with E-state index in [4.69, 9.17) is 10.2 Å². The summed E-state index contributed by atoms with van der Waals surface area (Å²) >= 11 is 0. The fraction of sp³-hybridized carbons (Fsp3) is 0.125. The molecule has 0 fully saturated rings. The molecule has 74 valence electrons. The Morgan fingerprint density at radius 1 is 1.43 bits per heavy atom. The van der Waals surface area contributed by atoms with Gasteiger partial charge in [0.25, 0.3) is 0 Å². The zero-order valence-corrected chi connectivity index (χ0v) is 7.31. The molecule has 0 unspecified atom stereocenters. The van der Waals surface area contributed by atoms with E-state index >= 15 is 0 Å². The molecule has 0 aromatic carbocycles. The predicted octanol–water partition coefficient (Wildman–Crippen LogP) is 0.444. The first-order valence-corrected chi connectivity index (χ1v) is 3.71. The summed E-state index contributed by atoms with van der Waals surface area (Å²) in [4.78, 5) is 24.7. The summed E-state index contributed by atoms with van der Waals surface area (Å²) in [5, 5.41) is 20.0. The van der Waals surface area contributed by atoms with E-state index in [1.54, 1.807) is 0 Å². The van der Waals surface area contributed by atoms with Crippen LogP contribution in [0.15, 0.2) is 12.1 Å². The van der Waals surface area contributed by atoms with Crippen LogP contribution in [0.3, 0.4) is 0 Å². The molecule has 1 heterocycles. The standard InChI is InChI=1S/C8H8N2O4/c1-4(11)9-6-3-2-5(12)7(10-6)8(13)14/h2-3,12H,1H3,(H,13,14)(H,9,10,11). The average molecular weight is 196 g/mol. The summed E-state index contributed by atoms with van der Waals surface area (Å²) in [7, 11) is 0. The van der Waals surface area contributed by atoms with Crippen LogP contribution in [0.1, 0.15) is 17.4 Å². The van der Waals surface area contributed by atoms with Crippen LogP contribution < -0.4 is 5.32 Å². The number of nitrogens with zero attached hydrogens (tertiary/aromatic N) is 1. The molecule has 0 spiro atoms. The lowest BCUT2D eigenvalue weighted by Gasteiger charge is -2.03. The molecule has 0 bridgehead atoms. The SMILES string of the molecule is CC(=O)Nc1ccc(O)c(C(=O)O)n1. The van der Waals surface area contributed by atoms with Crippen LogP contribution in [-0.4, -0.2) is 27.1 Å². The number of amides is 1. The molecule has 1 aromatic heterocycles. The van der Waals surface area contributed by atoms with Gasteiger partial charge in [-0.15, -0.1) is 0 Å². The summed E-state index contributed by atoms with van der Waals surface area (Å²) in [5.74, 6) is -2.06. The third-order valence-electron chi connectivity index (χ3n) is 1.38. The molecule has 0 aliphatic rings. The topological polar surface area (TPSA) is 99.5 Å². The van der Waals surface area contributed by atoms with E-state index in [0.29, 0.717) is 0 Å². The Labute approximate surface area is 79.2 Å².